The summed E-state index contributed by atoms with van der Waals surface area (Å²) in [6, 6.07) is 3.58. The molecule has 8 nitrogen and oxygen atoms in total. The number of fused-ring (bicyclic) bond motifs is 1. The summed E-state index contributed by atoms with van der Waals surface area (Å²) in [5, 5.41) is 12.0. The molecule has 0 bridgehead atoms. The van der Waals surface area contributed by atoms with Crippen molar-refractivity contribution in [3.63, 3.8) is 0 Å². The molecule has 4 rings (SSSR count). The van der Waals surface area contributed by atoms with Gasteiger partial charge in [0.1, 0.15) is 18.2 Å². The molecule has 21 heavy (non-hydrogen) atoms. The third-order valence-electron chi connectivity index (χ3n) is 3.51. The standard InChI is InChI=1S/C12H11BrN6O2/c1-18-5-10-16-14-6-19(10)4-7(18)12-15-11(17-21-12)8-2-3-9(13)20-8/h2-3,6-7H,4-5H2,1H3. The van der Waals surface area contributed by atoms with Gasteiger partial charge in [-0.1, -0.05) is 5.16 Å². The summed E-state index contributed by atoms with van der Waals surface area (Å²) in [7, 11) is 2.00. The lowest BCUT2D eigenvalue weighted by Crippen LogP contribution is -2.34. The zero-order chi connectivity index (χ0) is 14.4. The molecule has 0 aliphatic carbocycles. The summed E-state index contributed by atoms with van der Waals surface area (Å²) in [6.45, 7) is 1.37. The van der Waals surface area contributed by atoms with Gasteiger partial charge in [0.05, 0.1) is 6.54 Å². The number of rotatable bonds is 2. The molecule has 0 saturated carbocycles. The van der Waals surface area contributed by atoms with E-state index in [4.69, 9.17) is 8.94 Å². The summed E-state index contributed by atoms with van der Waals surface area (Å²) < 4.78 is 13.5. The van der Waals surface area contributed by atoms with E-state index < -0.39 is 0 Å². The molecule has 1 atom stereocenters. The van der Waals surface area contributed by atoms with Gasteiger partial charge in [0.25, 0.3) is 0 Å². The highest BCUT2D eigenvalue weighted by molar-refractivity contribution is 9.10. The van der Waals surface area contributed by atoms with E-state index in [1.165, 1.54) is 0 Å². The van der Waals surface area contributed by atoms with Crippen LogP contribution in [-0.4, -0.2) is 36.9 Å². The molecule has 1 unspecified atom stereocenters. The third-order valence-corrected chi connectivity index (χ3v) is 3.93. The Morgan fingerprint density at radius 1 is 1.38 bits per heavy atom. The highest BCUT2D eigenvalue weighted by Gasteiger charge is 2.30. The predicted octanol–water partition coefficient (Wildman–Crippen LogP) is 1.87. The van der Waals surface area contributed by atoms with Gasteiger partial charge in [-0.15, -0.1) is 10.2 Å². The average molecular weight is 351 g/mol. The fourth-order valence-corrected chi connectivity index (χ4v) is 2.69. The van der Waals surface area contributed by atoms with Gasteiger partial charge in [0.15, 0.2) is 10.4 Å². The summed E-state index contributed by atoms with van der Waals surface area (Å²) in [5.74, 6) is 2.50. The van der Waals surface area contributed by atoms with Crippen molar-refractivity contribution >= 4 is 15.9 Å². The number of halogens is 1. The van der Waals surface area contributed by atoms with Crippen molar-refractivity contribution in [3.05, 3.63) is 34.8 Å². The van der Waals surface area contributed by atoms with Gasteiger partial charge in [0, 0.05) is 6.54 Å². The molecule has 3 aromatic heterocycles. The van der Waals surface area contributed by atoms with Crippen molar-refractivity contribution in [2.75, 3.05) is 7.05 Å². The van der Waals surface area contributed by atoms with Gasteiger partial charge in [-0.3, -0.25) is 4.90 Å². The summed E-state index contributed by atoms with van der Waals surface area (Å²) in [4.78, 5) is 6.55. The molecule has 4 heterocycles. The van der Waals surface area contributed by atoms with Gasteiger partial charge >= 0.3 is 0 Å². The van der Waals surface area contributed by atoms with E-state index in [0.29, 0.717) is 35.2 Å². The molecule has 0 fully saturated rings. The molecule has 0 spiro atoms. The maximum absolute atomic E-state index is 5.43. The Kier molecular flexibility index (Phi) is 2.89. The first-order valence-electron chi connectivity index (χ1n) is 6.37. The molecule has 0 radical (unpaired) electrons. The van der Waals surface area contributed by atoms with Crippen LogP contribution in [0.4, 0.5) is 0 Å². The van der Waals surface area contributed by atoms with Crippen LogP contribution in [0.3, 0.4) is 0 Å². The second-order valence-corrected chi connectivity index (χ2v) is 5.67. The van der Waals surface area contributed by atoms with Gasteiger partial charge < -0.3 is 13.5 Å². The average Bonchev–Trinajstić information content (AvgIpc) is 3.16. The Morgan fingerprint density at radius 3 is 3.10 bits per heavy atom. The molecule has 0 aromatic carbocycles. The zero-order valence-corrected chi connectivity index (χ0v) is 12.7. The first kappa shape index (κ1) is 12.7. The van der Waals surface area contributed by atoms with E-state index in [2.05, 4.69) is 41.2 Å². The van der Waals surface area contributed by atoms with Crippen molar-refractivity contribution in [2.24, 2.45) is 0 Å². The van der Waals surface area contributed by atoms with E-state index >= 15 is 0 Å². The maximum atomic E-state index is 5.43. The number of hydrogen-bond donors (Lipinski definition) is 0. The number of hydrogen-bond acceptors (Lipinski definition) is 7. The lowest BCUT2D eigenvalue weighted by Gasteiger charge is -2.29. The Hall–Kier alpha value is -2.00. The SMILES string of the molecule is CN1Cc2nncn2CC1c1nc(-c2ccc(Br)o2)no1. The van der Waals surface area contributed by atoms with Crippen LogP contribution in [0.2, 0.25) is 0 Å². The molecule has 3 aromatic rings. The molecule has 1 aliphatic rings. The highest BCUT2D eigenvalue weighted by Crippen LogP contribution is 2.28. The maximum Gasteiger partial charge on any atom is 0.246 e. The lowest BCUT2D eigenvalue weighted by molar-refractivity contribution is 0.139. The second kappa shape index (κ2) is 4.78. The van der Waals surface area contributed by atoms with Crippen LogP contribution in [-0.2, 0) is 13.1 Å². The third kappa shape index (κ3) is 2.18. The number of furan rings is 1. The molecular weight excluding hydrogens is 340 g/mol. The van der Waals surface area contributed by atoms with Crippen LogP contribution < -0.4 is 0 Å². The lowest BCUT2D eigenvalue weighted by atomic mass is 10.2. The Bertz CT molecular complexity index is 778. The number of aromatic nitrogens is 5. The molecule has 1 aliphatic heterocycles. The van der Waals surface area contributed by atoms with Crippen molar-refractivity contribution in [1.82, 2.24) is 29.8 Å². The number of nitrogens with zero attached hydrogens (tertiary/aromatic N) is 6. The van der Waals surface area contributed by atoms with Crippen molar-refractivity contribution in [3.8, 4) is 11.6 Å². The van der Waals surface area contributed by atoms with E-state index in [-0.39, 0.29) is 6.04 Å². The van der Waals surface area contributed by atoms with Crippen LogP contribution in [0.5, 0.6) is 0 Å². The van der Waals surface area contributed by atoms with Crippen LogP contribution >= 0.6 is 15.9 Å². The van der Waals surface area contributed by atoms with E-state index in [9.17, 15) is 0 Å². The fraction of sp³-hybridized carbons (Fsp3) is 0.333. The summed E-state index contributed by atoms with van der Waals surface area (Å²) >= 11 is 3.26. The first-order chi connectivity index (χ1) is 10.2. The van der Waals surface area contributed by atoms with E-state index in [1.807, 2.05) is 11.6 Å². The van der Waals surface area contributed by atoms with E-state index in [1.54, 1.807) is 18.5 Å². The molecule has 0 amide bonds. The van der Waals surface area contributed by atoms with Gasteiger partial charge in [-0.2, -0.15) is 4.98 Å². The Labute approximate surface area is 127 Å². The van der Waals surface area contributed by atoms with Crippen molar-refractivity contribution in [1.29, 1.82) is 0 Å². The Morgan fingerprint density at radius 2 is 2.29 bits per heavy atom. The molecule has 108 valence electrons. The van der Waals surface area contributed by atoms with Crippen LogP contribution in [0, 0.1) is 0 Å². The first-order valence-corrected chi connectivity index (χ1v) is 7.16. The van der Waals surface area contributed by atoms with Crippen LogP contribution in [0.1, 0.15) is 17.8 Å². The minimum absolute atomic E-state index is 0.00634. The minimum Gasteiger partial charge on any atom is -0.446 e. The smallest absolute Gasteiger partial charge is 0.246 e. The van der Waals surface area contributed by atoms with Gasteiger partial charge in [-0.05, 0) is 35.1 Å². The summed E-state index contributed by atoms with van der Waals surface area (Å²) in [5.41, 5.74) is 0. The van der Waals surface area contributed by atoms with Crippen LogP contribution in [0.25, 0.3) is 11.6 Å². The second-order valence-electron chi connectivity index (χ2n) is 4.89. The minimum atomic E-state index is -0.00634. The number of likely N-dealkylation sites (N-methyl/N-ethyl adjacent to an activating group) is 1. The normalized spacial score (nSPS) is 18.9. The van der Waals surface area contributed by atoms with Crippen molar-refractivity contribution < 1.29 is 8.94 Å². The monoisotopic (exact) mass is 350 g/mol. The zero-order valence-electron chi connectivity index (χ0n) is 11.1. The Balaban J connectivity index is 1.64. The molecule has 0 N–H and O–H groups in total. The predicted molar refractivity (Wildman–Crippen MR) is 73.9 cm³/mol. The topological polar surface area (TPSA) is 86.0 Å². The molecule has 9 heteroatoms. The molecule has 0 saturated heterocycles. The van der Waals surface area contributed by atoms with Crippen molar-refractivity contribution in [2.45, 2.75) is 19.1 Å². The summed E-state index contributed by atoms with van der Waals surface area (Å²) in [6.07, 6.45) is 1.72. The van der Waals surface area contributed by atoms with E-state index in [0.717, 1.165) is 5.82 Å². The quantitative estimate of drug-likeness (QED) is 0.697. The largest absolute Gasteiger partial charge is 0.446 e. The highest BCUT2D eigenvalue weighted by atomic mass is 79.9. The van der Waals surface area contributed by atoms with Crippen LogP contribution in [0.15, 0.2) is 32.1 Å². The molecular formula is C12H11BrN6O2. The van der Waals surface area contributed by atoms with Gasteiger partial charge in [-0.25, -0.2) is 0 Å². The fourth-order valence-electron chi connectivity index (χ4n) is 2.38. The van der Waals surface area contributed by atoms with Gasteiger partial charge in [0.2, 0.25) is 11.7 Å².